The summed E-state index contributed by atoms with van der Waals surface area (Å²) >= 11 is 0.829. The molecule has 34 heavy (non-hydrogen) atoms. The lowest BCUT2D eigenvalue weighted by molar-refractivity contribution is 0.102. The van der Waals surface area contributed by atoms with E-state index in [2.05, 4.69) is 15.4 Å². The molecule has 1 aliphatic heterocycles. The number of alkyl halides is 1. The van der Waals surface area contributed by atoms with Crippen LogP contribution in [-0.2, 0) is 0 Å². The number of nitrogen functional groups attached to an aromatic ring is 1. The molecule has 2 atom stereocenters. The van der Waals surface area contributed by atoms with Crippen molar-refractivity contribution in [2.75, 3.05) is 29.0 Å². The Morgan fingerprint density at radius 2 is 1.85 bits per heavy atom. The Morgan fingerprint density at radius 3 is 2.56 bits per heavy atom. The van der Waals surface area contributed by atoms with Crippen molar-refractivity contribution in [1.82, 2.24) is 14.8 Å². The van der Waals surface area contributed by atoms with Crippen molar-refractivity contribution in [2.45, 2.75) is 43.9 Å². The maximum Gasteiger partial charge on any atom is 0.277 e. The van der Waals surface area contributed by atoms with E-state index in [1.807, 2.05) is 9.58 Å². The number of amides is 1. The Labute approximate surface area is 197 Å². The average molecular weight is 492 g/mol. The van der Waals surface area contributed by atoms with Crippen LogP contribution in [0.2, 0.25) is 0 Å². The number of benzene rings is 1. The molecule has 180 valence electrons. The monoisotopic (exact) mass is 491 g/mol. The van der Waals surface area contributed by atoms with Crippen molar-refractivity contribution >= 4 is 33.8 Å². The molecule has 3 aromatic rings. The molecular formula is C22H24F3N7OS. The van der Waals surface area contributed by atoms with E-state index in [0.29, 0.717) is 31.0 Å². The van der Waals surface area contributed by atoms with Gasteiger partial charge in [0.25, 0.3) is 5.91 Å². The number of halogens is 3. The first-order chi connectivity index (χ1) is 16.3. The SMILES string of the molecule is Nc1sc(-c2c(F)cccc2F)nc1C(=O)Nc1cnn(C2CC2)c1N1CC[C@H](N)[C@@H](F)CC1. The highest BCUT2D eigenvalue weighted by molar-refractivity contribution is 7.19. The third-order valence-corrected chi connectivity index (χ3v) is 7.03. The second-order valence-electron chi connectivity index (χ2n) is 8.58. The zero-order chi connectivity index (χ0) is 24.0. The van der Waals surface area contributed by atoms with Gasteiger partial charge in [-0.1, -0.05) is 17.4 Å². The number of carbonyl (C=O) groups excluding carboxylic acids is 1. The molecule has 1 aromatic carbocycles. The van der Waals surface area contributed by atoms with Crippen LogP contribution in [0.1, 0.15) is 42.2 Å². The summed E-state index contributed by atoms with van der Waals surface area (Å²) < 4.78 is 44.4. The number of anilines is 3. The highest BCUT2D eigenvalue weighted by Gasteiger charge is 2.33. The van der Waals surface area contributed by atoms with Crippen LogP contribution in [0.15, 0.2) is 24.4 Å². The molecule has 3 heterocycles. The average Bonchev–Trinajstić information content (AvgIpc) is 3.49. The number of nitrogens with zero attached hydrogens (tertiary/aromatic N) is 4. The first kappa shape index (κ1) is 22.7. The van der Waals surface area contributed by atoms with E-state index in [-0.39, 0.29) is 33.7 Å². The van der Waals surface area contributed by atoms with Crippen molar-refractivity contribution in [2.24, 2.45) is 5.73 Å². The fraction of sp³-hybridized carbons (Fsp3) is 0.409. The number of hydrogen-bond acceptors (Lipinski definition) is 7. The normalized spacial score (nSPS) is 20.9. The van der Waals surface area contributed by atoms with Gasteiger partial charge in [-0.15, -0.1) is 0 Å². The highest BCUT2D eigenvalue weighted by Crippen LogP contribution is 2.41. The van der Waals surface area contributed by atoms with E-state index in [0.717, 1.165) is 36.3 Å². The molecule has 8 nitrogen and oxygen atoms in total. The van der Waals surface area contributed by atoms with Crippen LogP contribution in [0, 0.1) is 11.6 Å². The Hall–Kier alpha value is -3.12. The Balaban J connectivity index is 1.43. The van der Waals surface area contributed by atoms with Gasteiger partial charge in [-0.2, -0.15) is 5.10 Å². The van der Waals surface area contributed by atoms with Gasteiger partial charge in [0.05, 0.1) is 17.8 Å². The summed E-state index contributed by atoms with van der Waals surface area (Å²) in [6.07, 6.45) is 3.15. The second kappa shape index (κ2) is 8.91. The molecule has 5 N–H and O–H groups in total. The molecular weight excluding hydrogens is 467 g/mol. The first-order valence-electron chi connectivity index (χ1n) is 11.1. The topological polar surface area (TPSA) is 115 Å². The van der Waals surface area contributed by atoms with Crippen LogP contribution in [-0.4, -0.2) is 46.0 Å². The molecule has 0 radical (unpaired) electrons. The van der Waals surface area contributed by atoms with Crippen molar-refractivity contribution < 1.29 is 18.0 Å². The van der Waals surface area contributed by atoms with E-state index in [1.54, 1.807) is 6.20 Å². The van der Waals surface area contributed by atoms with Crippen LogP contribution in [0.4, 0.5) is 29.7 Å². The standard InChI is InChI=1S/C22H24F3N7OS/c23-12-6-8-31(9-7-15(12)26)22-16(10-28-32(22)11-4-5-11)29-20(33)18-19(27)34-21(30-18)17-13(24)2-1-3-14(17)25/h1-3,10-12,15H,4-9,26-27H2,(H,29,33)/t12-,15-/m0/s1. The van der Waals surface area contributed by atoms with Crippen LogP contribution >= 0.6 is 11.3 Å². The summed E-state index contributed by atoms with van der Waals surface area (Å²) in [7, 11) is 0. The molecule has 0 unspecified atom stereocenters. The summed E-state index contributed by atoms with van der Waals surface area (Å²) in [5.41, 5.74) is 11.9. The molecule has 2 aromatic heterocycles. The molecule has 1 saturated carbocycles. The number of hydrogen-bond donors (Lipinski definition) is 3. The van der Waals surface area contributed by atoms with Gasteiger partial charge >= 0.3 is 0 Å². The number of carbonyl (C=O) groups is 1. The molecule has 0 bridgehead atoms. The minimum absolute atomic E-state index is 0.0253. The number of thiazole rings is 1. The van der Waals surface area contributed by atoms with Crippen LogP contribution in [0.3, 0.4) is 0 Å². The van der Waals surface area contributed by atoms with Crippen molar-refractivity contribution in [1.29, 1.82) is 0 Å². The quantitative estimate of drug-likeness (QED) is 0.501. The smallest absolute Gasteiger partial charge is 0.277 e. The highest BCUT2D eigenvalue weighted by atomic mass is 32.1. The Kier molecular flexibility index (Phi) is 5.94. The van der Waals surface area contributed by atoms with E-state index in [1.165, 1.54) is 6.07 Å². The Bertz CT molecular complexity index is 1190. The maximum absolute atomic E-state index is 14.2. The molecule has 1 aliphatic carbocycles. The maximum atomic E-state index is 14.2. The van der Waals surface area contributed by atoms with Gasteiger partial charge in [-0.25, -0.2) is 22.8 Å². The van der Waals surface area contributed by atoms with Crippen molar-refractivity contribution in [3.63, 3.8) is 0 Å². The minimum Gasteiger partial charge on any atom is -0.389 e. The van der Waals surface area contributed by atoms with Crippen molar-refractivity contribution in [3.05, 3.63) is 41.7 Å². The van der Waals surface area contributed by atoms with Gasteiger partial charge in [0.15, 0.2) is 11.5 Å². The first-order valence-corrected chi connectivity index (χ1v) is 11.9. The van der Waals surface area contributed by atoms with Gasteiger partial charge in [0.2, 0.25) is 0 Å². The fourth-order valence-electron chi connectivity index (χ4n) is 4.13. The molecule has 1 saturated heterocycles. The van der Waals surface area contributed by atoms with Gasteiger partial charge in [-0.3, -0.25) is 4.79 Å². The molecule has 2 aliphatic rings. The van der Waals surface area contributed by atoms with Gasteiger partial charge < -0.3 is 21.7 Å². The van der Waals surface area contributed by atoms with E-state index in [9.17, 15) is 18.0 Å². The third kappa shape index (κ3) is 4.23. The molecule has 5 rings (SSSR count). The van der Waals surface area contributed by atoms with E-state index < -0.39 is 29.8 Å². The second-order valence-corrected chi connectivity index (χ2v) is 9.62. The predicted octanol–water partition coefficient (Wildman–Crippen LogP) is 3.72. The Morgan fingerprint density at radius 1 is 1.15 bits per heavy atom. The van der Waals surface area contributed by atoms with Crippen LogP contribution in [0.25, 0.3) is 10.6 Å². The largest absolute Gasteiger partial charge is 0.389 e. The zero-order valence-corrected chi connectivity index (χ0v) is 19.0. The summed E-state index contributed by atoms with van der Waals surface area (Å²) in [5, 5.41) is 7.26. The minimum atomic E-state index is -1.09. The van der Waals surface area contributed by atoms with Crippen molar-refractivity contribution in [3.8, 4) is 10.6 Å². The van der Waals surface area contributed by atoms with E-state index in [4.69, 9.17) is 11.5 Å². The lowest BCUT2D eigenvalue weighted by Gasteiger charge is -2.25. The summed E-state index contributed by atoms with van der Waals surface area (Å²) in [6, 6.07) is 3.16. The van der Waals surface area contributed by atoms with Gasteiger partial charge in [-0.05, 0) is 37.8 Å². The number of aromatic nitrogens is 3. The number of rotatable bonds is 5. The van der Waals surface area contributed by atoms with E-state index >= 15 is 0 Å². The summed E-state index contributed by atoms with van der Waals surface area (Å²) in [5.74, 6) is -1.52. The molecule has 2 fully saturated rings. The summed E-state index contributed by atoms with van der Waals surface area (Å²) in [6.45, 7) is 0.962. The number of nitrogens with one attached hydrogen (secondary N) is 1. The number of nitrogens with two attached hydrogens (primary N) is 2. The fourth-order valence-corrected chi connectivity index (χ4v) is 5.01. The van der Waals surface area contributed by atoms with Crippen LogP contribution in [0.5, 0.6) is 0 Å². The van der Waals surface area contributed by atoms with Gasteiger partial charge in [0, 0.05) is 19.1 Å². The lowest BCUT2D eigenvalue weighted by atomic mass is 10.1. The van der Waals surface area contributed by atoms with Gasteiger partial charge in [0.1, 0.15) is 33.5 Å². The lowest BCUT2D eigenvalue weighted by Crippen LogP contribution is -2.31. The van der Waals surface area contributed by atoms with Crippen LogP contribution < -0.4 is 21.7 Å². The zero-order valence-electron chi connectivity index (χ0n) is 18.2. The molecule has 12 heteroatoms. The summed E-state index contributed by atoms with van der Waals surface area (Å²) in [4.78, 5) is 19.2. The molecule has 0 spiro atoms. The third-order valence-electron chi connectivity index (χ3n) is 6.13. The predicted molar refractivity (Wildman–Crippen MR) is 125 cm³/mol. The molecule has 1 amide bonds.